The van der Waals surface area contributed by atoms with Crippen molar-refractivity contribution in [3.63, 3.8) is 0 Å². The van der Waals surface area contributed by atoms with Gasteiger partial charge < -0.3 is 18.9 Å². The molecule has 0 N–H and O–H groups in total. The maximum absolute atomic E-state index is 13.2. The smallest absolute Gasteiger partial charge is 0.272 e. The highest BCUT2D eigenvalue weighted by atomic mass is 16.7. The summed E-state index contributed by atoms with van der Waals surface area (Å²) < 4.78 is 13.3. The van der Waals surface area contributed by atoms with Crippen LogP contribution in [0.25, 0.3) is 5.69 Å². The average Bonchev–Trinajstić information content (AvgIpc) is 3.35. The minimum absolute atomic E-state index is 0.121. The lowest BCUT2D eigenvalue weighted by molar-refractivity contribution is -0.181. The van der Waals surface area contributed by atoms with Gasteiger partial charge in [0.15, 0.2) is 5.79 Å². The van der Waals surface area contributed by atoms with Crippen molar-refractivity contribution >= 4 is 5.91 Å². The van der Waals surface area contributed by atoms with Gasteiger partial charge in [-0.2, -0.15) is 5.26 Å². The summed E-state index contributed by atoms with van der Waals surface area (Å²) in [6, 6.07) is 11.9. The lowest BCUT2D eigenvalue weighted by Crippen LogP contribution is -2.47. The Hall–Kier alpha value is -2.62. The molecule has 2 aliphatic rings. The van der Waals surface area contributed by atoms with Gasteiger partial charge in [0.25, 0.3) is 5.91 Å². The first kappa shape index (κ1) is 17.8. The molecular formula is C21H23N3O3. The monoisotopic (exact) mass is 365 g/mol. The fourth-order valence-corrected chi connectivity index (χ4v) is 3.83. The van der Waals surface area contributed by atoms with Crippen LogP contribution in [0.5, 0.6) is 0 Å². The molecule has 140 valence electrons. The van der Waals surface area contributed by atoms with E-state index < -0.39 is 5.79 Å². The van der Waals surface area contributed by atoms with Crippen LogP contribution in [-0.2, 0) is 15.9 Å². The Kier molecular flexibility index (Phi) is 4.73. The van der Waals surface area contributed by atoms with E-state index in [4.69, 9.17) is 9.47 Å². The number of nitriles is 1. The standard InChI is InChI=1S/C21H23N3O3/c1-2-16-3-5-18(6-4-16)24-10-7-17(15-22)19(24)20(25)23-11-8-21(9-12-23)26-13-14-27-21/h3-7,10H,2,8-9,11-14H2,1H3. The fraction of sp³-hybridized carbons (Fsp3) is 0.429. The van der Waals surface area contributed by atoms with Crippen LogP contribution < -0.4 is 0 Å². The van der Waals surface area contributed by atoms with E-state index in [2.05, 4.69) is 25.1 Å². The van der Waals surface area contributed by atoms with Gasteiger partial charge in [0, 0.05) is 37.8 Å². The third kappa shape index (κ3) is 3.25. The molecule has 0 unspecified atom stereocenters. The number of nitrogens with zero attached hydrogens (tertiary/aromatic N) is 3. The highest BCUT2D eigenvalue weighted by Crippen LogP contribution is 2.32. The molecule has 0 aliphatic carbocycles. The molecular weight excluding hydrogens is 342 g/mol. The molecule has 6 heteroatoms. The first-order valence-electron chi connectivity index (χ1n) is 9.44. The number of ether oxygens (including phenoxy) is 2. The number of aromatic nitrogens is 1. The maximum atomic E-state index is 13.2. The van der Waals surface area contributed by atoms with Gasteiger partial charge in [-0.15, -0.1) is 0 Å². The molecule has 1 aromatic heterocycles. The average molecular weight is 365 g/mol. The third-order valence-electron chi connectivity index (χ3n) is 5.46. The summed E-state index contributed by atoms with van der Waals surface area (Å²) in [6.45, 7) is 4.45. The van der Waals surface area contributed by atoms with Crippen molar-refractivity contribution in [3.05, 3.63) is 53.3 Å². The number of carbonyl (C=O) groups excluding carboxylic acids is 1. The van der Waals surface area contributed by atoms with Gasteiger partial charge in [-0.1, -0.05) is 19.1 Å². The summed E-state index contributed by atoms with van der Waals surface area (Å²) in [5.74, 6) is -0.642. The van der Waals surface area contributed by atoms with Crippen LogP contribution in [-0.4, -0.2) is 47.5 Å². The molecule has 6 nitrogen and oxygen atoms in total. The van der Waals surface area contributed by atoms with Gasteiger partial charge in [0.05, 0.1) is 18.8 Å². The van der Waals surface area contributed by atoms with Crippen molar-refractivity contribution in [2.75, 3.05) is 26.3 Å². The van der Waals surface area contributed by atoms with Crippen LogP contribution in [0.1, 0.15) is 41.4 Å². The van der Waals surface area contributed by atoms with E-state index in [-0.39, 0.29) is 5.91 Å². The van der Waals surface area contributed by atoms with E-state index in [1.54, 1.807) is 17.2 Å². The van der Waals surface area contributed by atoms with Gasteiger partial charge in [0.1, 0.15) is 11.8 Å². The number of benzene rings is 1. The molecule has 3 heterocycles. The highest BCUT2D eigenvalue weighted by molar-refractivity contribution is 5.96. The SMILES string of the molecule is CCc1ccc(-n2ccc(C#N)c2C(=O)N2CCC3(CC2)OCCO3)cc1. The van der Waals surface area contributed by atoms with Crippen molar-refractivity contribution < 1.29 is 14.3 Å². The van der Waals surface area contributed by atoms with Crippen molar-refractivity contribution in [1.29, 1.82) is 5.26 Å². The van der Waals surface area contributed by atoms with E-state index in [9.17, 15) is 10.1 Å². The molecule has 1 amide bonds. The molecule has 2 aliphatic heterocycles. The number of aryl methyl sites for hydroxylation is 1. The fourth-order valence-electron chi connectivity index (χ4n) is 3.83. The molecule has 0 radical (unpaired) electrons. The molecule has 1 aromatic carbocycles. The molecule has 0 bridgehead atoms. The first-order chi connectivity index (χ1) is 13.2. The van der Waals surface area contributed by atoms with E-state index in [0.29, 0.717) is 50.4 Å². The second-order valence-corrected chi connectivity index (χ2v) is 6.98. The molecule has 27 heavy (non-hydrogen) atoms. The molecule has 2 saturated heterocycles. The summed E-state index contributed by atoms with van der Waals surface area (Å²) in [7, 11) is 0. The number of hydrogen-bond acceptors (Lipinski definition) is 4. The first-order valence-corrected chi connectivity index (χ1v) is 9.44. The Labute approximate surface area is 158 Å². The number of piperidine rings is 1. The predicted octanol–water partition coefficient (Wildman–Crippen LogP) is 2.89. The second-order valence-electron chi connectivity index (χ2n) is 6.98. The Morgan fingerprint density at radius 1 is 1.15 bits per heavy atom. The Morgan fingerprint density at radius 3 is 2.41 bits per heavy atom. The van der Waals surface area contributed by atoms with Gasteiger partial charge in [0.2, 0.25) is 0 Å². The summed E-state index contributed by atoms with van der Waals surface area (Å²) in [6.07, 6.45) is 4.07. The summed E-state index contributed by atoms with van der Waals surface area (Å²) >= 11 is 0. The van der Waals surface area contributed by atoms with Crippen molar-refractivity contribution in [1.82, 2.24) is 9.47 Å². The zero-order valence-corrected chi connectivity index (χ0v) is 15.5. The van der Waals surface area contributed by atoms with Gasteiger partial charge in [-0.3, -0.25) is 4.79 Å². The van der Waals surface area contributed by atoms with Crippen LogP contribution >= 0.6 is 0 Å². The second kappa shape index (κ2) is 7.18. The van der Waals surface area contributed by atoms with Gasteiger partial charge >= 0.3 is 0 Å². The minimum Gasteiger partial charge on any atom is -0.347 e. The van der Waals surface area contributed by atoms with E-state index in [1.807, 2.05) is 16.7 Å². The van der Waals surface area contributed by atoms with Gasteiger partial charge in [-0.05, 0) is 30.2 Å². The Bertz CT molecular complexity index is 863. The van der Waals surface area contributed by atoms with E-state index in [1.165, 1.54) is 5.56 Å². The molecule has 2 aromatic rings. The molecule has 4 rings (SSSR count). The predicted molar refractivity (Wildman–Crippen MR) is 99.6 cm³/mol. The molecule has 0 atom stereocenters. The lowest BCUT2D eigenvalue weighted by atomic mass is 10.0. The number of amides is 1. The number of likely N-dealkylation sites (tertiary alicyclic amines) is 1. The lowest BCUT2D eigenvalue weighted by Gasteiger charge is -2.37. The van der Waals surface area contributed by atoms with Crippen molar-refractivity contribution in [3.8, 4) is 11.8 Å². The largest absolute Gasteiger partial charge is 0.347 e. The topological polar surface area (TPSA) is 67.5 Å². The molecule has 0 saturated carbocycles. The Morgan fingerprint density at radius 2 is 1.81 bits per heavy atom. The number of hydrogen-bond donors (Lipinski definition) is 0. The van der Waals surface area contributed by atoms with Crippen molar-refractivity contribution in [2.45, 2.75) is 32.0 Å². The van der Waals surface area contributed by atoms with Gasteiger partial charge in [-0.25, -0.2) is 0 Å². The van der Waals surface area contributed by atoms with Crippen LogP contribution in [0.3, 0.4) is 0 Å². The van der Waals surface area contributed by atoms with Crippen LogP contribution in [0.4, 0.5) is 0 Å². The highest BCUT2D eigenvalue weighted by Gasteiger charge is 2.41. The third-order valence-corrected chi connectivity index (χ3v) is 5.46. The number of carbonyl (C=O) groups is 1. The normalized spacial score (nSPS) is 18.6. The van der Waals surface area contributed by atoms with Crippen LogP contribution in [0.15, 0.2) is 36.5 Å². The van der Waals surface area contributed by atoms with Crippen LogP contribution in [0, 0.1) is 11.3 Å². The summed E-state index contributed by atoms with van der Waals surface area (Å²) in [5.41, 5.74) is 2.93. The van der Waals surface area contributed by atoms with E-state index >= 15 is 0 Å². The zero-order chi connectivity index (χ0) is 18.9. The Balaban J connectivity index is 1.60. The van der Waals surface area contributed by atoms with E-state index in [0.717, 1.165) is 12.1 Å². The van der Waals surface area contributed by atoms with Crippen LogP contribution in [0.2, 0.25) is 0 Å². The minimum atomic E-state index is -0.521. The van der Waals surface area contributed by atoms with Crippen molar-refractivity contribution in [2.24, 2.45) is 0 Å². The molecule has 1 spiro atoms. The summed E-state index contributed by atoms with van der Waals surface area (Å²) in [5, 5.41) is 9.50. The quantitative estimate of drug-likeness (QED) is 0.839. The molecule has 2 fully saturated rings. The number of rotatable bonds is 3. The summed E-state index contributed by atoms with van der Waals surface area (Å²) in [4.78, 5) is 15.0. The maximum Gasteiger partial charge on any atom is 0.272 e. The zero-order valence-electron chi connectivity index (χ0n) is 15.5.